The second kappa shape index (κ2) is 9.05. The lowest BCUT2D eigenvalue weighted by Gasteiger charge is -2.35. The lowest BCUT2D eigenvalue weighted by Crippen LogP contribution is -2.47. The summed E-state index contributed by atoms with van der Waals surface area (Å²) >= 11 is 0. The van der Waals surface area contributed by atoms with Crippen LogP contribution in [0, 0.1) is 0 Å². The molecule has 0 unspecified atom stereocenters. The van der Waals surface area contributed by atoms with E-state index in [1.807, 2.05) is 24.3 Å². The van der Waals surface area contributed by atoms with Gasteiger partial charge in [-0.25, -0.2) is 0 Å². The van der Waals surface area contributed by atoms with Crippen LogP contribution in [0.25, 0.3) is 0 Å². The van der Waals surface area contributed by atoms with Crippen LogP contribution in [0.3, 0.4) is 0 Å². The van der Waals surface area contributed by atoms with Gasteiger partial charge in [0.15, 0.2) is 0 Å². The van der Waals surface area contributed by atoms with Crippen molar-refractivity contribution in [2.24, 2.45) is 0 Å². The minimum atomic E-state index is -0.188. The van der Waals surface area contributed by atoms with E-state index in [2.05, 4.69) is 15.1 Å². The molecule has 0 atom stereocenters. The molecule has 2 aromatic rings. The first-order chi connectivity index (χ1) is 13.2. The Bertz CT molecular complexity index is 754. The molecular formula is C20H23N3O4. The van der Waals surface area contributed by atoms with Crippen LogP contribution in [0.5, 0.6) is 5.75 Å². The fourth-order valence-electron chi connectivity index (χ4n) is 3.03. The monoisotopic (exact) mass is 369 g/mol. The Morgan fingerprint density at radius 2 is 1.70 bits per heavy atom. The number of carbonyl (C=O) groups excluding carboxylic acids is 2. The molecule has 3 rings (SSSR count). The molecule has 0 aliphatic carbocycles. The number of hydrogen-bond donors (Lipinski definition) is 2. The average molecular weight is 369 g/mol. The topological polar surface area (TPSA) is 82.1 Å². The van der Waals surface area contributed by atoms with Crippen molar-refractivity contribution in [2.45, 2.75) is 0 Å². The van der Waals surface area contributed by atoms with Gasteiger partial charge in [0.1, 0.15) is 12.4 Å². The van der Waals surface area contributed by atoms with Crippen molar-refractivity contribution >= 4 is 23.8 Å². The zero-order valence-electron chi connectivity index (χ0n) is 15.0. The predicted octanol–water partition coefficient (Wildman–Crippen LogP) is 1.94. The number of hydrogen-bond acceptors (Lipinski definition) is 6. The molecule has 1 fully saturated rings. The third-order valence-electron chi connectivity index (χ3n) is 4.59. The van der Waals surface area contributed by atoms with Crippen LogP contribution in [-0.4, -0.2) is 61.7 Å². The summed E-state index contributed by atoms with van der Waals surface area (Å²) in [6.07, 6.45) is 0. The number of anilines is 2. The largest absolute Gasteiger partial charge is 0.508 e. The number of rotatable bonds is 7. The standard InChI is InChI=1S/C20H23N3O4/c24-15-27-14-13-22-9-11-23(12-10-22)18-5-1-16(2-6-18)20(26)21-17-3-7-19(25)8-4-17/h1-8,15,25H,9-14H2,(H,21,26). The summed E-state index contributed by atoms with van der Waals surface area (Å²) in [4.78, 5) is 27.1. The number of nitrogens with zero attached hydrogens (tertiary/aromatic N) is 2. The Hall–Kier alpha value is -3.06. The van der Waals surface area contributed by atoms with Gasteiger partial charge in [-0.05, 0) is 48.5 Å². The fourth-order valence-corrected chi connectivity index (χ4v) is 3.03. The lowest BCUT2D eigenvalue weighted by molar-refractivity contribution is -0.129. The number of amides is 1. The van der Waals surface area contributed by atoms with E-state index >= 15 is 0 Å². The van der Waals surface area contributed by atoms with Crippen molar-refractivity contribution in [1.82, 2.24) is 4.90 Å². The van der Waals surface area contributed by atoms with E-state index in [0.717, 1.165) is 38.4 Å². The van der Waals surface area contributed by atoms with Gasteiger partial charge in [-0.1, -0.05) is 0 Å². The molecule has 7 heteroatoms. The highest BCUT2D eigenvalue weighted by molar-refractivity contribution is 6.04. The van der Waals surface area contributed by atoms with Crippen molar-refractivity contribution < 1.29 is 19.4 Å². The number of benzene rings is 2. The normalized spacial score (nSPS) is 14.6. The first-order valence-electron chi connectivity index (χ1n) is 8.89. The van der Waals surface area contributed by atoms with Crippen LogP contribution in [0.15, 0.2) is 48.5 Å². The molecule has 2 aromatic carbocycles. The molecule has 2 N–H and O–H groups in total. The van der Waals surface area contributed by atoms with Crippen LogP contribution in [-0.2, 0) is 9.53 Å². The van der Waals surface area contributed by atoms with Crippen LogP contribution in [0.2, 0.25) is 0 Å². The SMILES string of the molecule is O=COCCN1CCN(c2ccc(C(=O)Nc3ccc(O)cc3)cc2)CC1. The molecule has 0 radical (unpaired) electrons. The van der Waals surface area contributed by atoms with Crippen LogP contribution < -0.4 is 10.2 Å². The summed E-state index contributed by atoms with van der Waals surface area (Å²) in [5.41, 5.74) is 2.30. The summed E-state index contributed by atoms with van der Waals surface area (Å²) < 4.78 is 4.75. The van der Waals surface area contributed by atoms with Gasteiger partial charge in [-0.15, -0.1) is 0 Å². The number of carbonyl (C=O) groups is 2. The number of ether oxygens (including phenoxy) is 1. The van der Waals surface area contributed by atoms with Crippen LogP contribution in [0.1, 0.15) is 10.4 Å². The third-order valence-corrected chi connectivity index (χ3v) is 4.59. The Morgan fingerprint density at radius 3 is 2.33 bits per heavy atom. The summed E-state index contributed by atoms with van der Waals surface area (Å²) in [6, 6.07) is 13.9. The summed E-state index contributed by atoms with van der Waals surface area (Å²) in [6.45, 7) is 5.25. The molecule has 1 amide bonds. The first-order valence-corrected chi connectivity index (χ1v) is 8.89. The number of piperazine rings is 1. The third kappa shape index (κ3) is 5.21. The molecule has 0 spiro atoms. The van der Waals surface area contributed by atoms with E-state index in [9.17, 15) is 14.7 Å². The second-order valence-electron chi connectivity index (χ2n) is 6.34. The zero-order chi connectivity index (χ0) is 19.1. The number of phenolic OH excluding ortho intramolecular Hbond substituents is 1. The van der Waals surface area contributed by atoms with E-state index in [4.69, 9.17) is 4.74 Å². The molecule has 0 saturated carbocycles. The molecule has 1 aliphatic rings. The molecule has 142 valence electrons. The molecule has 0 bridgehead atoms. The Morgan fingerprint density at radius 1 is 1.04 bits per heavy atom. The Kier molecular flexibility index (Phi) is 6.27. The number of phenols is 1. The van der Waals surface area contributed by atoms with Gasteiger partial charge in [0.2, 0.25) is 0 Å². The highest BCUT2D eigenvalue weighted by atomic mass is 16.5. The fraction of sp³-hybridized carbons (Fsp3) is 0.300. The van der Waals surface area contributed by atoms with E-state index in [0.29, 0.717) is 24.3 Å². The van der Waals surface area contributed by atoms with Gasteiger partial charge in [0, 0.05) is 49.7 Å². The van der Waals surface area contributed by atoms with Crippen molar-refractivity contribution in [3.8, 4) is 5.75 Å². The minimum absolute atomic E-state index is 0.161. The number of aromatic hydroxyl groups is 1. The molecule has 1 aliphatic heterocycles. The van der Waals surface area contributed by atoms with Crippen molar-refractivity contribution in [3.05, 3.63) is 54.1 Å². The van der Waals surface area contributed by atoms with Gasteiger partial charge < -0.3 is 20.1 Å². The molecule has 0 aromatic heterocycles. The van der Waals surface area contributed by atoms with Gasteiger partial charge in [-0.3, -0.25) is 14.5 Å². The van der Waals surface area contributed by atoms with E-state index in [1.165, 1.54) is 12.1 Å². The second-order valence-corrected chi connectivity index (χ2v) is 6.34. The molecule has 1 heterocycles. The average Bonchev–Trinajstić information content (AvgIpc) is 2.70. The van der Waals surface area contributed by atoms with E-state index < -0.39 is 0 Å². The number of nitrogens with one attached hydrogen (secondary N) is 1. The van der Waals surface area contributed by atoms with Gasteiger partial charge in [0.25, 0.3) is 12.4 Å². The van der Waals surface area contributed by atoms with Gasteiger partial charge in [0.05, 0.1) is 0 Å². The van der Waals surface area contributed by atoms with Gasteiger partial charge in [-0.2, -0.15) is 0 Å². The zero-order valence-corrected chi connectivity index (χ0v) is 15.0. The smallest absolute Gasteiger partial charge is 0.293 e. The molecule has 1 saturated heterocycles. The summed E-state index contributed by atoms with van der Waals surface area (Å²) in [7, 11) is 0. The Labute approximate surface area is 158 Å². The van der Waals surface area contributed by atoms with E-state index in [1.54, 1.807) is 12.1 Å². The maximum atomic E-state index is 12.3. The molecule has 27 heavy (non-hydrogen) atoms. The predicted molar refractivity (Wildman–Crippen MR) is 103 cm³/mol. The van der Waals surface area contributed by atoms with Crippen molar-refractivity contribution in [2.75, 3.05) is 49.5 Å². The van der Waals surface area contributed by atoms with Crippen LogP contribution in [0.4, 0.5) is 11.4 Å². The quantitative estimate of drug-likeness (QED) is 0.441. The van der Waals surface area contributed by atoms with E-state index in [-0.39, 0.29) is 11.7 Å². The van der Waals surface area contributed by atoms with Crippen LogP contribution >= 0.6 is 0 Å². The minimum Gasteiger partial charge on any atom is -0.508 e. The molecule has 7 nitrogen and oxygen atoms in total. The lowest BCUT2D eigenvalue weighted by atomic mass is 10.1. The Balaban J connectivity index is 1.52. The molecular weight excluding hydrogens is 346 g/mol. The van der Waals surface area contributed by atoms with Gasteiger partial charge >= 0.3 is 0 Å². The first kappa shape index (κ1) is 18.7. The maximum Gasteiger partial charge on any atom is 0.293 e. The highest BCUT2D eigenvalue weighted by Crippen LogP contribution is 2.19. The highest BCUT2D eigenvalue weighted by Gasteiger charge is 2.17. The van der Waals surface area contributed by atoms with Crippen molar-refractivity contribution in [3.63, 3.8) is 0 Å². The van der Waals surface area contributed by atoms with Crippen molar-refractivity contribution in [1.29, 1.82) is 0 Å². The summed E-state index contributed by atoms with van der Waals surface area (Å²) in [5.74, 6) is -0.0269. The maximum absolute atomic E-state index is 12.3. The summed E-state index contributed by atoms with van der Waals surface area (Å²) in [5, 5.41) is 12.1.